The van der Waals surface area contributed by atoms with Crippen molar-refractivity contribution in [2.75, 3.05) is 5.73 Å². The van der Waals surface area contributed by atoms with Crippen molar-refractivity contribution in [1.29, 1.82) is 0 Å². The molecule has 5 nitrogen and oxygen atoms in total. The third kappa shape index (κ3) is 2.32. The van der Waals surface area contributed by atoms with Crippen LogP contribution in [0, 0.1) is 0 Å². The number of anilines is 1. The number of hydrogen-bond acceptors (Lipinski definition) is 3. The van der Waals surface area contributed by atoms with Gasteiger partial charge in [0, 0.05) is 0 Å². The summed E-state index contributed by atoms with van der Waals surface area (Å²) >= 11 is 0. The van der Waals surface area contributed by atoms with Gasteiger partial charge in [-0.05, 0) is 18.8 Å². The molecule has 0 radical (unpaired) electrons. The number of nitrogens with two attached hydrogens (primary N) is 1. The zero-order valence-electron chi connectivity index (χ0n) is 11.1. The summed E-state index contributed by atoms with van der Waals surface area (Å²) < 4.78 is 1.54. The molecular weight excluding hydrogens is 230 g/mol. The molecule has 2 atom stereocenters. The monoisotopic (exact) mass is 253 g/mol. The van der Waals surface area contributed by atoms with Gasteiger partial charge in [0.15, 0.2) is 0 Å². The van der Waals surface area contributed by atoms with Crippen LogP contribution in [0.5, 0.6) is 0 Å². The second-order valence-corrected chi connectivity index (χ2v) is 5.54. The number of nitrogens with zero attached hydrogens (tertiary/aromatic N) is 1. The van der Waals surface area contributed by atoms with E-state index in [1.807, 2.05) is 13.8 Å². The SMILES string of the molecule is CC(C)c1[nH]n(C2CCCCCC2O)c(=O)c1N. The molecule has 0 amide bonds. The average molecular weight is 253 g/mol. The molecule has 1 heterocycles. The van der Waals surface area contributed by atoms with Gasteiger partial charge in [-0.3, -0.25) is 9.89 Å². The molecule has 0 aromatic carbocycles. The summed E-state index contributed by atoms with van der Waals surface area (Å²) in [4.78, 5) is 12.1. The molecule has 1 aromatic rings. The second-order valence-electron chi connectivity index (χ2n) is 5.54. The van der Waals surface area contributed by atoms with Crippen LogP contribution in [-0.4, -0.2) is 21.0 Å². The first-order valence-corrected chi connectivity index (χ1v) is 6.80. The van der Waals surface area contributed by atoms with Crippen LogP contribution >= 0.6 is 0 Å². The van der Waals surface area contributed by atoms with Crippen LogP contribution in [0.25, 0.3) is 0 Å². The van der Waals surface area contributed by atoms with E-state index in [0.717, 1.165) is 37.8 Å². The van der Waals surface area contributed by atoms with Crippen molar-refractivity contribution in [2.24, 2.45) is 0 Å². The largest absolute Gasteiger partial charge is 0.393 e. The normalized spacial score (nSPS) is 25.3. The summed E-state index contributed by atoms with van der Waals surface area (Å²) in [7, 11) is 0. The maximum absolute atomic E-state index is 12.1. The van der Waals surface area contributed by atoms with E-state index in [2.05, 4.69) is 5.10 Å². The van der Waals surface area contributed by atoms with Crippen molar-refractivity contribution >= 4 is 5.69 Å². The number of nitrogens with one attached hydrogen (secondary N) is 1. The van der Waals surface area contributed by atoms with Gasteiger partial charge in [0.1, 0.15) is 5.69 Å². The van der Waals surface area contributed by atoms with E-state index in [1.165, 1.54) is 0 Å². The summed E-state index contributed by atoms with van der Waals surface area (Å²) in [6.07, 6.45) is 4.33. The highest BCUT2D eigenvalue weighted by Gasteiger charge is 2.27. The molecule has 18 heavy (non-hydrogen) atoms. The third-order valence-corrected chi connectivity index (χ3v) is 3.83. The van der Waals surface area contributed by atoms with Gasteiger partial charge in [0.25, 0.3) is 5.56 Å². The number of aromatic nitrogens is 2. The molecule has 5 heteroatoms. The average Bonchev–Trinajstić information content (AvgIpc) is 2.51. The number of H-pyrrole nitrogens is 1. The Kier molecular flexibility index (Phi) is 3.80. The molecule has 102 valence electrons. The molecule has 1 aliphatic rings. The van der Waals surface area contributed by atoms with Crippen LogP contribution in [-0.2, 0) is 0 Å². The Bertz CT molecular complexity index is 461. The highest BCUT2D eigenvalue weighted by atomic mass is 16.3. The van der Waals surface area contributed by atoms with Gasteiger partial charge < -0.3 is 10.8 Å². The molecular formula is C13H23N3O2. The van der Waals surface area contributed by atoms with E-state index in [9.17, 15) is 9.90 Å². The molecule has 1 aromatic heterocycles. The van der Waals surface area contributed by atoms with E-state index in [4.69, 9.17) is 5.73 Å². The molecule has 2 unspecified atom stereocenters. The summed E-state index contributed by atoms with van der Waals surface area (Å²) in [5.74, 6) is 0.182. The third-order valence-electron chi connectivity index (χ3n) is 3.83. The summed E-state index contributed by atoms with van der Waals surface area (Å²) in [5.41, 5.74) is 6.73. The Labute approximate surface area is 107 Å². The Balaban J connectivity index is 2.37. The summed E-state index contributed by atoms with van der Waals surface area (Å²) in [5, 5.41) is 13.2. The Morgan fingerprint density at radius 1 is 1.33 bits per heavy atom. The number of nitrogen functional groups attached to an aromatic ring is 1. The summed E-state index contributed by atoms with van der Waals surface area (Å²) in [6.45, 7) is 3.99. The fourth-order valence-electron chi connectivity index (χ4n) is 2.73. The maximum Gasteiger partial charge on any atom is 0.290 e. The molecule has 1 fully saturated rings. The lowest BCUT2D eigenvalue weighted by Crippen LogP contribution is -2.31. The molecule has 1 saturated carbocycles. The second kappa shape index (κ2) is 5.18. The minimum Gasteiger partial charge on any atom is -0.393 e. The molecule has 0 saturated heterocycles. The van der Waals surface area contributed by atoms with Crippen molar-refractivity contribution in [2.45, 2.75) is 64.0 Å². The molecule has 4 N–H and O–H groups in total. The number of aliphatic hydroxyl groups excluding tert-OH is 1. The van der Waals surface area contributed by atoms with E-state index < -0.39 is 6.10 Å². The van der Waals surface area contributed by atoms with Crippen LogP contribution in [0.4, 0.5) is 5.69 Å². The highest BCUT2D eigenvalue weighted by Crippen LogP contribution is 2.27. The smallest absolute Gasteiger partial charge is 0.290 e. The van der Waals surface area contributed by atoms with Gasteiger partial charge in [0.2, 0.25) is 0 Å². The molecule has 0 bridgehead atoms. The Morgan fingerprint density at radius 2 is 2.00 bits per heavy atom. The molecule has 1 aliphatic carbocycles. The van der Waals surface area contributed by atoms with Gasteiger partial charge in [-0.1, -0.05) is 33.1 Å². The van der Waals surface area contributed by atoms with Crippen LogP contribution in [0.3, 0.4) is 0 Å². The van der Waals surface area contributed by atoms with Crippen LogP contribution in [0.1, 0.15) is 63.6 Å². The quantitative estimate of drug-likeness (QED) is 0.702. The van der Waals surface area contributed by atoms with Crippen LogP contribution in [0.15, 0.2) is 4.79 Å². The number of aliphatic hydroxyl groups is 1. The topological polar surface area (TPSA) is 84.0 Å². The number of rotatable bonds is 2. The first kappa shape index (κ1) is 13.2. The van der Waals surface area contributed by atoms with Gasteiger partial charge in [0.05, 0.1) is 17.8 Å². The maximum atomic E-state index is 12.1. The van der Waals surface area contributed by atoms with E-state index in [-0.39, 0.29) is 17.5 Å². The lowest BCUT2D eigenvalue weighted by atomic mass is 10.1. The number of aromatic amines is 1. The van der Waals surface area contributed by atoms with Gasteiger partial charge in [-0.25, -0.2) is 4.68 Å². The Morgan fingerprint density at radius 3 is 2.61 bits per heavy atom. The first-order valence-electron chi connectivity index (χ1n) is 6.80. The zero-order valence-corrected chi connectivity index (χ0v) is 11.1. The minimum absolute atomic E-state index is 0.158. The van der Waals surface area contributed by atoms with Crippen molar-refractivity contribution in [3.63, 3.8) is 0 Å². The van der Waals surface area contributed by atoms with E-state index in [1.54, 1.807) is 4.68 Å². The van der Waals surface area contributed by atoms with Gasteiger partial charge >= 0.3 is 0 Å². The minimum atomic E-state index is -0.455. The zero-order chi connectivity index (χ0) is 13.3. The highest BCUT2D eigenvalue weighted by molar-refractivity contribution is 5.42. The van der Waals surface area contributed by atoms with Crippen LogP contribution < -0.4 is 11.3 Å². The van der Waals surface area contributed by atoms with Crippen LogP contribution in [0.2, 0.25) is 0 Å². The summed E-state index contributed by atoms with van der Waals surface area (Å²) in [6, 6.07) is -0.158. The van der Waals surface area contributed by atoms with E-state index >= 15 is 0 Å². The predicted octanol–water partition coefficient (Wildman–Crippen LogP) is 1.75. The van der Waals surface area contributed by atoms with Crippen molar-refractivity contribution in [1.82, 2.24) is 9.78 Å². The first-order chi connectivity index (χ1) is 8.52. The molecule has 0 spiro atoms. The lowest BCUT2D eigenvalue weighted by Gasteiger charge is -2.20. The van der Waals surface area contributed by atoms with Gasteiger partial charge in [-0.2, -0.15) is 0 Å². The lowest BCUT2D eigenvalue weighted by molar-refractivity contribution is 0.0971. The van der Waals surface area contributed by atoms with E-state index in [0.29, 0.717) is 5.69 Å². The Hall–Kier alpha value is -1.23. The van der Waals surface area contributed by atoms with Gasteiger partial charge in [-0.15, -0.1) is 0 Å². The standard InChI is InChI=1S/C13H23N3O2/c1-8(2)12-11(14)13(18)16(15-12)9-6-4-3-5-7-10(9)17/h8-10,15,17H,3-7,14H2,1-2H3. The fourth-order valence-corrected chi connectivity index (χ4v) is 2.73. The molecule has 0 aliphatic heterocycles. The fraction of sp³-hybridized carbons (Fsp3) is 0.769. The van der Waals surface area contributed by atoms with Crippen molar-refractivity contribution < 1.29 is 5.11 Å². The number of hydrogen-bond donors (Lipinski definition) is 3. The molecule has 2 rings (SSSR count). The van der Waals surface area contributed by atoms with Crippen molar-refractivity contribution in [3.05, 3.63) is 16.0 Å². The predicted molar refractivity (Wildman–Crippen MR) is 71.7 cm³/mol. The van der Waals surface area contributed by atoms with Crippen molar-refractivity contribution in [3.8, 4) is 0 Å².